The van der Waals surface area contributed by atoms with E-state index in [1.807, 2.05) is 6.07 Å². The van der Waals surface area contributed by atoms with E-state index in [4.69, 9.17) is 11.0 Å². The van der Waals surface area contributed by atoms with E-state index in [2.05, 4.69) is 4.90 Å². The van der Waals surface area contributed by atoms with Gasteiger partial charge in [-0.3, -0.25) is 9.69 Å². The molecule has 1 fully saturated rings. The van der Waals surface area contributed by atoms with Gasteiger partial charge in [0, 0.05) is 18.0 Å². The summed E-state index contributed by atoms with van der Waals surface area (Å²) in [5, 5.41) is 8.68. The number of nitrogens with two attached hydrogens (primary N) is 1. The Morgan fingerprint density at radius 3 is 2.68 bits per heavy atom. The van der Waals surface area contributed by atoms with Gasteiger partial charge in [-0.1, -0.05) is 6.07 Å². The van der Waals surface area contributed by atoms with E-state index in [0.29, 0.717) is 17.7 Å². The van der Waals surface area contributed by atoms with Crippen molar-refractivity contribution in [3.8, 4) is 6.07 Å². The normalized spacial score (nSPS) is 17.1. The van der Waals surface area contributed by atoms with Gasteiger partial charge in [-0.2, -0.15) is 5.26 Å². The summed E-state index contributed by atoms with van der Waals surface area (Å²) < 4.78 is 13.7. The SMILES string of the molecule is N#Cc1ccc(CN2CCC(C(N)=O)CC2)c(F)c1. The fourth-order valence-corrected chi connectivity index (χ4v) is 2.36. The maximum Gasteiger partial charge on any atom is 0.220 e. The van der Waals surface area contributed by atoms with Crippen molar-refractivity contribution in [2.45, 2.75) is 19.4 Å². The van der Waals surface area contributed by atoms with Crippen LogP contribution in [0.3, 0.4) is 0 Å². The molecule has 1 saturated heterocycles. The maximum atomic E-state index is 13.7. The quantitative estimate of drug-likeness (QED) is 0.894. The van der Waals surface area contributed by atoms with Crippen LogP contribution in [0.25, 0.3) is 0 Å². The Labute approximate surface area is 111 Å². The van der Waals surface area contributed by atoms with Gasteiger partial charge in [0.15, 0.2) is 0 Å². The van der Waals surface area contributed by atoms with Gasteiger partial charge in [0.25, 0.3) is 0 Å². The molecule has 1 aliphatic rings. The van der Waals surface area contributed by atoms with Crippen LogP contribution in [0.2, 0.25) is 0 Å². The predicted molar refractivity (Wildman–Crippen MR) is 68.3 cm³/mol. The Kier molecular flexibility index (Phi) is 4.13. The number of nitrogens with zero attached hydrogens (tertiary/aromatic N) is 2. The van der Waals surface area contributed by atoms with Crippen molar-refractivity contribution in [3.05, 3.63) is 35.1 Å². The van der Waals surface area contributed by atoms with Gasteiger partial charge in [-0.15, -0.1) is 0 Å². The molecule has 2 N–H and O–H groups in total. The molecule has 1 aromatic rings. The third kappa shape index (κ3) is 3.30. The molecule has 1 amide bonds. The first-order valence-corrected chi connectivity index (χ1v) is 6.30. The molecule has 5 heteroatoms. The highest BCUT2D eigenvalue weighted by molar-refractivity contribution is 5.76. The first-order valence-electron chi connectivity index (χ1n) is 6.30. The van der Waals surface area contributed by atoms with E-state index in [1.54, 1.807) is 12.1 Å². The maximum absolute atomic E-state index is 13.7. The lowest BCUT2D eigenvalue weighted by molar-refractivity contribution is -0.123. The number of primary amides is 1. The second-order valence-corrected chi connectivity index (χ2v) is 4.87. The van der Waals surface area contributed by atoms with E-state index < -0.39 is 0 Å². The molecule has 1 heterocycles. The van der Waals surface area contributed by atoms with Crippen LogP contribution in [0, 0.1) is 23.1 Å². The van der Waals surface area contributed by atoms with E-state index in [1.165, 1.54) is 6.07 Å². The molecule has 0 aromatic heterocycles. The molecule has 19 heavy (non-hydrogen) atoms. The van der Waals surface area contributed by atoms with E-state index >= 15 is 0 Å². The zero-order valence-electron chi connectivity index (χ0n) is 10.6. The first kappa shape index (κ1) is 13.5. The third-order valence-corrected chi connectivity index (χ3v) is 3.57. The first-order chi connectivity index (χ1) is 9.10. The molecule has 100 valence electrons. The number of amides is 1. The number of likely N-dealkylation sites (tertiary alicyclic amines) is 1. The lowest BCUT2D eigenvalue weighted by atomic mass is 9.96. The average molecular weight is 261 g/mol. The monoisotopic (exact) mass is 261 g/mol. The van der Waals surface area contributed by atoms with Crippen molar-refractivity contribution in [1.82, 2.24) is 4.90 Å². The highest BCUT2D eigenvalue weighted by atomic mass is 19.1. The minimum Gasteiger partial charge on any atom is -0.369 e. The summed E-state index contributed by atoms with van der Waals surface area (Å²) in [6.45, 7) is 1.99. The van der Waals surface area contributed by atoms with Crippen LogP contribution in [0.15, 0.2) is 18.2 Å². The fraction of sp³-hybridized carbons (Fsp3) is 0.429. The summed E-state index contributed by atoms with van der Waals surface area (Å²) in [4.78, 5) is 13.2. The van der Waals surface area contributed by atoms with Crippen molar-refractivity contribution >= 4 is 5.91 Å². The van der Waals surface area contributed by atoms with Crippen molar-refractivity contribution in [2.24, 2.45) is 11.7 Å². The van der Waals surface area contributed by atoms with Crippen LogP contribution >= 0.6 is 0 Å². The second kappa shape index (κ2) is 5.81. The average Bonchev–Trinajstić information content (AvgIpc) is 2.41. The number of hydrogen-bond donors (Lipinski definition) is 1. The zero-order valence-corrected chi connectivity index (χ0v) is 10.6. The Hall–Kier alpha value is -1.93. The number of carbonyl (C=O) groups excluding carboxylic acids is 1. The second-order valence-electron chi connectivity index (χ2n) is 4.87. The van der Waals surface area contributed by atoms with Gasteiger partial charge in [0.05, 0.1) is 11.6 Å². The van der Waals surface area contributed by atoms with Crippen LogP contribution in [0.4, 0.5) is 4.39 Å². The molecule has 1 aromatic carbocycles. The number of rotatable bonds is 3. The summed E-state index contributed by atoms with van der Waals surface area (Å²) >= 11 is 0. The largest absolute Gasteiger partial charge is 0.369 e. The number of halogens is 1. The molecular formula is C14H16FN3O. The highest BCUT2D eigenvalue weighted by Gasteiger charge is 2.23. The minimum absolute atomic E-state index is 0.0536. The van der Waals surface area contributed by atoms with Crippen molar-refractivity contribution in [3.63, 3.8) is 0 Å². The molecule has 1 aliphatic heterocycles. The summed E-state index contributed by atoms with van der Waals surface area (Å²) in [6, 6.07) is 6.43. The van der Waals surface area contributed by atoms with Gasteiger partial charge in [0.2, 0.25) is 5.91 Å². The smallest absolute Gasteiger partial charge is 0.220 e. The molecule has 4 nitrogen and oxygen atoms in total. The molecule has 0 radical (unpaired) electrons. The number of nitriles is 1. The van der Waals surface area contributed by atoms with Gasteiger partial charge >= 0.3 is 0 Å². The molecule has 0 atom stereocenters. The van der Waals surface area contributed by atoms with Crippen LogP contribution in [0.5, 0.6) is 0 Å². The van der Waals surface area contributed by atoms with E-state index in [9.17, 15) is 9.18 Å². The Morgan fingerprint density at radius 1 is 1.47 bits per heavy atom. The van der Waals surface area contributed by atoms with Crippen molar-refractivity contribution in [2.75, 3.05) is 13.1 Å². The summed E-state index contributed by atoms with van der Waals surface area (Å²) in [5.74, 6) is -0.651. The Morgan fingerprint density at radius 2 is 2.16 bits per heavy atom. The lowest BCUT2D eigenvalue weighted by Gasteiger charge is -2.30. The summed E-state index contributed by atoms with van der Waals surface area (Å²) in [7, 11) is 0. The summed E-state index contributed by atoms with van der Waals surface area (Å²) in [6.07, 6.45) is 1.46. The standard InChI is InChI=1S/C14H16FN3O/c15-13-7-10(8-16)1-2-12(13)9-18-5-3-11(4-6-18)14(17)19/h1-2,7,11H,3-6,9H2,(H2,17,19). The molecule has 0 bridgehead atoms. The third-order valence-electron chi connectivity index (χ3n) is 3.57. The number of carbonyl (C=O) groups is 1. The van der Waals surface area contributed by atoms with Crippen LogP contribution < -0.4 is 5.73 Å². The van der Waals surface area contributed by atoms with E-state index in [0.717, 1.165) is 25.9 Å². The molecular weight excluding hydrogens is 245 g/mol. The molecule has 0 unspecified atom stereocenters. The molecule has 0 spiro atoms. The molecule has 2 rings (SSSR count). The zero-order chi connectivity index (χ0) is 13.8. The van der Waals surface area contributed by atoms with Gasteiger partial charge in [-0.05, 0) is 38.1 Å². The highest BCUT2D eigenvalue weighted by Crippen LogP contribution is 2.20. The number of piperidine rings is 1. The van der Waals surface area contributed by atoms with Crippen LogP contribution in [0.1, 0.15) is 24.0 Å². The van der Waals surface area contributed by atoms with E-state index in [-0.39, 0.29) is 17.6 Å². The summed E-state index contributed by atoms with van der Waals surface area (Å²) in [5.41, 5.74) is 6.18. The topological polar surface area (TPSA) is 70.1 Å². The van der Waals surface area contributed by atoms with Gasteiger partial charge in [0.1, 0.15) is 5.82 Å². The lowest BCUT2D eigenvalue weighted by Crippen LogP contribution is -2.38. The Bertz CT molecular complexity index is 516. The van der Waals surface area contributed by atoms with Crippen LogP contribution in [-0.2, 0) is 11.3 Å². The molecule has 0 aliphatic carbocycles. The van der Waals surface area contributed by atoms with Crippen LogP contribution in [-0.4, -0.2) is 23.9 Å². The number of hydrogen-bond acceptors (Lipinski definition) is 3. The minimum atomic E-state index is -0.351. The Balaban J connectivity index is 1.96. The number of benzene rings is 1. The van der Waals surface area contributed by atoms with Gasteiger partial charge in [-0.25, -0.2) is 4.39 Å². The predicted octanol–water partition coefficient (Wildman–Crippen LogP) is 1.39. The van der Waals surface area contributed by atoms with Crippen molar-refractivity contribution < 1.29 is 9.18 Å². The van der Waals surface area contributed by atoms with Crippen molar-refractivity contribution in [1.29, 1.82) is 5.26 Å². The molecule has 0 saturated carbocycles. The van der Waals surface area contributed by atoms with Gasteiger partial charge < -0.3 is 5.73 Å². The fourth-order valence-electron chi connectivity index (χ4n) is 2.36.